The van der Waals surface area contributed by atoms with E-state index in [1.165, 1.54) is 0 Å². The number of nitrogens with zero attached hydrogens (tertiary/aromatic N) is 3. The molecule has 0 radical (unpaired) electrons. The predicted octanol–water partition coefficient (Wildman–Crippen LogP) is 3.40. The molecule has 0 atom stereocenters. The van der Waals surface area contributed by atoms with Crippen LogP contribution in [0.5, 0.6) is 0 Å². The van der Waals surface area contributed by atoms with Crippen molar-refractivity contribution in [3.05, 3.63) is 35.1 Å². The second-order valence-corrected chi connectivity index (χ2v) is 4.90. The lowest BCUT2D eigenvalue weighted by atomic mass is 10.3. The Kier molecular flexibility index (Phi) is 4.16. The van der Waals surface area contributed by atoms with Gasteiger partial charge in [-0.15, -0.1) is 0 Å². The smallest absolute Gasteiger partial charge is 0.232 e. The lowest BCUT2D eigenvalue weighted by Crippen LogP contribution is -2.14. The van der Waals surface area contributed by atoms with Gasteiger partial charge in [0.1, 0.15) is 5.82 Å². The van der Waals surface area contributed by atoms with Crippen LogP contribution in [0.1, 0.15) is 19.7 Å². The summed E-state index contributed by atoms with van der Waals surface area (Å²) in [5.74, 6) is 1.74. The summed E-state index contributed by atoms with van der Waals surface area (Å²) in [6, 6.07) is 7.63. The zero-order chi connectivity index (χ0) is 13.8. The fourth-order valence-electron chi connectivity index (χ4n) is 1.52. The lowest BCUT2D eigenvalue weighted by molar-refractivity contribution is 0.859. The molecule has 0 bridgehead atoms. The molecule has 0 aliphatic rings. The van der Waals surface area contributed by atoms with Crippen LogP contribution >= 0.6 is 11.6 Å². The number of halogens is 1. The largest absolute Gasteiger partial charge is 0.352 e. The summed E-state index contributed by atoms with van der Waals surface area (Å²) >= 11 is 5.84. The van der Waals surface area contributed by atoms with Gasteiger partial charge in [0.05, 0.1) is 0 Å². The van der Waals surface area contributed by atoms with Crippen molar-refractivity contribution in [1.29, 1.82) is 0 Å². The van der Waals surface area contributed by atoms with Gasteiger partial charge in [-0.25, -0.2) is 0 Å². The van der Waals surface area contributed by atoms with Crippen molar-refractivity contribution >= 4 is 29.2 Å². The van der Waals surface area contributed by atoms with Gasteiger partial charge >= 0.3 is 0 Å². The van der Waals surface area contributed by atoms with E-state index in [2.05, 4.69) is 25.6 Å². The summed E-state index contributed by atoms with van der Waals surface area (Å²) in [7, 11) is 0. The second-order valence-electron chi connectivity index (χ2n) is 4.46. The van der Waals surface area contributed by atoms with E-state index in [4.69, 9.17) is 11.6 Å². The van der Waals surface area contributed by atoms with Crippen LogP contribution in [0.2, 0.25) is 5.02 Å². The van der Waals surface area contributed by atoms with Crippen LogP contribution < -0.4 is 10.6 Å². The van der Waals surface area contributed by atoms with Gasteiger partial charge in [-0.2, -0.15) is 15.0 Å². The molecule has 1 aromatic carbocycles. The Bertz CT molecular complexity index is 553. The van der Waals surface area contributed by atoms with Gasteiger partial charge in [0.25, 0.3) is 0 Å². The summed E-state index contributed by atoms with van der Waals surface area (Å²) in [5, 5.41) is 6.98. The molecule has 100 valence electrons. The molecule has 0 aliphatic heterocycles. The topological polar surface area (TPSA) is 62.7 Å². The van der Waals surface area contributed by atoms with Crippen LogP contribution in [-0.4, -0.2) is 21.0 Å². The third-order valence-electron chi connectivity index (χ3n) is 2.27. The van der Waals surface area contributed by atoms with E-state index in [0.29, 0.717) is 22.7 Å². The Balaban J connectivity index is 2.19. The molecule has 19 heavy (non-hydrogen) atoms. The standard InChI is InChI=1S/C13H16ClN5/c1-8(2)15-12-16-9(3)17-13(19-12)18-11-6-4-10(14)5-7-11/h4-8H,1-3H3,(H2,15,16,17,18,19). The summed E-state index contributed by atoms with van der Waals surface area (Å²) in [6.07, 6.45) is 0. The van der Waals surface area contributed by atoms with Crippen LogP contribution in [0.25, 0.3) is 0 Å². The van der Waals surface area contributed by atoms with Crippen molar-refractivity contribution in [2.45, 2.75) is 26.8 Å². The third kappa shape index (κ3) is 4.06. The predicted molar refractivity (Wildman–Crippen MR) is 78.1 cm³/mol. The molecular weight excluding hydrogens is 262 g/mol. The van der Waals surface area contributed by atoms with E-state index >= 15 is 0 Å². The first kappa shape index (κ1) is 13.5. The minimum absolute atomic E-state index is 0.269. The fourth-order valence-corrected chi connectivity index (χ4v) is 1.65. The molecule has 1 aromatic heterocycles. The molecule has 2 aromatic rings. The molecule has 2 N–H and O–H groups in total. The molecule has 0 spiro atoms. The van der Waals surface area contributed by atoms with Crippen molar-refractivity contribution in [3.8, 4) is 0 Å². The molecule has 0 aliphatic carbocycles. The molecule has 1 heterocycles. The maximum atomic E-state index is 5.84. The highest BCUT2D eigenvalue weighted by Gasteiger charge is 2.05. The van der Waals surface area contributed by atoms with Crippen molar-refractivity contribution in [3.63, 3.8) is 0 Å². The summed E-state index contributed by atoms with van der Waals surface area (Å²) in [4.78, 5) is 12.8. The summed E-state index contributed by atoms with van der Waals surface area (Å²) in [5.41, 5.74) is 0.880. The van der Waals surface area contributed by atoms with Gasteiger partial charge in [-0.1, -0.05) is 11.6 Å². The van der Waals surface area contributed by atoms with E-state index < -0.39 is 0 Å². The molecule has 6 heteroatoms. The fraction of sp³-hybridized carbons (Fsp3) is 0.308. The minimum atomic E-state index is 0.269. The average Bonchev–Trinajstić information content (AvgIpc) is 2.30. The van der Waals surface area contributed by atoms with Gasteiger partial charge in [0, 0.05) is 16.8 Å². The first-order valence-corrected chi connectivity index (χ1v) is 6.42. The van der Waals surface area contributed by atoms with E-state index in [0.717, 1.165) is 5.69 Å². The number of hydrogen-bond acceptors (Lipinski definition) is 5. The number of hydrogen-bond donors (Lipinski definition) is 2. The molecule has 0 amide bonds. The number of aromatic nitrogens is 3. The van der Waals surface area contributed by atoms with E-state index in [1.54, 1.807) is 0 Å². The van der Waals surface area contributed by atoms with E-state index in [1.807, 2.05) is 45.0 Å². The highest BCUT2D eigenvalue weighted by atomic mass is 35.5. The van der Waals surface area contributed by atoms with Crippen LogP contribution in [-0.2, 0) is 0 Å². The quantitative estimate of drug-likeness (QED) is 0.897. The van der Waals surface area contributed by atoms with Crippen molar-refractivity contribution < 1.29 is 0 Å². The first-order valence-electron chi connectivity index (χ1n) is 6.05. The van der Waals surface area contributed by atoms with Crippen LogP contribution in [0.3, 0.4) is 0 Å². The Morgan fingerprint density at radius 2 is 1.63 bits per heavy atom. The summed E-state index contributed by atoms with van der Waals surface area (Å²) in [6.45, 7) is 5.90. The molecular formula is C13H16ClN5. The Labute approximate surface area is 117 Å². The number of aryl methyl sites for hydroxylation is 1. The summed E-state index contributed by atoms with van der Waals surface area (Å²) < 4.78 is 0. The maximum absolute atomic E-state index is 5.84. The van der Waals surface area contributed by atoms with E-state index in [-0.39, 0.29) is 6.04 Å². The first-order chi connectivity index (χ1) is 9.02. The molecule has 0 fully saturated rings. The normalized spacial score (nSPS) is 10.6. The van der Waals surface area contributed by atoms with Crippen molar-refractivity contribution in [2.75, 3.05) is 10.6 Å². The average molecular weight is 278 g/mol. The molecule has 0 unspecified atom stereocenters. The van der Waals surface area contributed by atoms with Crippen molar-refractivity contribution in [1.82, 2.24) is 15.0 Å². The molecule has 0 saturated carbocycles. The van der Waals surface area contributed by atoms with Gasteiger partial charge in [0.2, 0.25) is 11.9 Å². The third-order valence-corrected chi connectivity index (χ3v) is 2.52. The zero-order valence-electron chi connectivity index (χ0n) is 11.1. The van der Waals surface area contributed by atoms with Gasteiger partial charge in [-0.05, 0) is 45.0 Å². The molecule has 0 saturated heterocycles. The zero-order valence-corrected chi connectivity index (χ0v) is 11.9. The van der Waals surface area contributed by atoms with Crippen molar-refractivity contribution in [2.24, 2.45) is 0 Å². The van der Waals surface area contributed by atoms with Gasteiger partial charge < -0.3 is 10.6 Å². The SMILES string of the molecule is Cc1nc(Nc2ccc(Cl)cc2)nc(NC(C)C)n1. The van der Waals surface area contributed by atoms with Gasteiger partial charge in [0.15, 0.2) is 0 Å². The second kappa shape index (κ2) is 5.84. The molecule has 5 nitrogen and oxygen atoms in total. The Morgan fingerprint density at radius 3 is 2.26 bits per heavy atom. The minimum Gasteiger partial charge on any atom is -0.352 e. The highest BCUT2D eigenvalue weighted by molar-refractivity contribution is 6.30. The van der Waals surface area contributed by atoms with Crippen LogP contribution in [0.4, 0.5) is 17.6 Å². The Hall–Kier alpha value is -1.88. The highest BCUT2D eigenvalue weighted by Crippen LogP contribution is 2.17. The Morgan fingerprint density at radius 1 is 1.00 bits per heavy atom. The van der Waals surface area contributed by atoms with Crippen LogP contribution in [0, 0.1) is 6.92 Å². The van der Waals surface area contributed by atoms with Crippen LogP contribution in [0.15, 0.2) is 24.3 Å². The number of nitrogens with one attached hydrogen (secondary N) is 2. The van der Waals surface area contributed by atoms with Gasteiger partial charge in [-0.3, -0.25) is 0 Å². The molecule has 2 rings (SSSR count). The van der Waals surface area contributed by atoms with E-state index in [9.17, 15) is 0 Å². The maximum Gasteiger partial charge on any atom is 0.232 e. The monoisotopic (exact) mass is 277 g/mol. The number of benzene rings is 1. The number of anilines is 3. The lowest BCUT2D eigenvalue weighted by Gasteiger charge is -2.10. The number of rotatable bonds is 4.